The summed E-state index contributed by atoms with van der Waals surface area (Å²) >= 11 is 0. The van der Waals surface area contributed by atoms with Crippen molar-refractivity contribution in [2.75, 3.05) is 5.32 Å². The third-order valence-corrected chi connectivity index (χ3v) is 4.55. The summed E-state index contributed by atoms with van der Waals surface area (Å²) in [5.74, 6) is -1.38. The largest absolute Gasteiger partial charge is 0.321 e. The predicted octanol–water partition coefficient (Wildman–Crippen LogP) is 3.43. The molecule has 0 unspecified atom stereocenters. The van der Waals surface area contributed by atoms with Crippen LogP contribution in [-0.2, 0) is 0 Å². The van der Waals surface area contributed by atoms with Gasteiger partial charge < -0.3 is 5.32 Å². The highest BCUT2D eigenvalue weighted by Crippen LogP contribution is 2.23. The number of nitrogens with zero attached hydrogens (tertiary/aromatic N) is 4. The van der Waals surface area contributed by atoms with Gasteiger partial charge in [-0.3, -0.25) is 39.9 Å². The summed E-state index contributed by atoms with van der Waals surface area (Å²) in [4.78, 5) is 55.6. The van der Waals surface area contributed by atoms with Gasteiger partial charge in [-0.2, -0.15) is 5.10 Å². The van der Waals surface area contributed by atoms with E-state index in [1.165, 1.54) is 42.5 Å². The third-order valence-electron chi connectivity index (χ3n) is 4.55. The first kappa shape index (κ1) is 24.1. The second-order valence-electron chi connectivity index (χ2n) is 6.76. The molecule has 0 saturated carbocycles. The van der Waals surface area contributed by atoms with Gasteiger partial charge in [-0.15, -0.1) is 0 Å². The molecule has 3 aromatic rings. The monoisotopic (exact) mass is 478 g/mol. The summed E-state index contributed by atoms with van der Waals surface area (Å²) in [5, 5.41) is 39.0. The number of hydrogen-bond donors (Lipinski definition) is 2. The lowest BCUT2D eigenvalue weighted by Gasteiger charge is -2.10. The van der Waals surface area contributed by atoms with Crippen molar-refractivity contribution in [2.45, 2.75) is 0 Å². The first-order chi connectivity index (χ1) is 16.7. The molecule has 0 spiro atoms. The van der Waals surface area contributed by atoms with E-state index < -0.39 is 38.0 Å². The minimum absolute atomic E-state index is 0.0121. The summed E-state index contributed by atoms with van der Waals surface area (Å²) < 4.78 is 0. The molecule has 176 valence electrons. The molecule has 14 nitrogen and oxygen atoms in total. The Morgan fingerprint density at radius 3 is 2.03 bits per heavy atom. The van der Waals surface area contributed by atoms with Crippen LogP contribution >= 0.6 is 0 Å². The molecule has 0 bridgehead atoms. The number of hydrogen-bond acceptors (Lipinski definition) is 9. The molecule has 3 rings (SSSR count). The number of nitro groups is 3. The van der Waals surface area contributed by atoms with Crippen LogP contribution in [-0.4, -0.2) is 32.8 Å². The van der Waals surface area contributed by atoms with Crippen molar-refractivity contribution in [2.24, 2.45) is 5.10 Å². The Labute approximate surface area is 195 Å². The van der Waals surface area contributed by atoms with Crippen molar-refractivity contribution in [3.63, 3.8) is 0 Å². The fourth-order valence-electron chi connectivity index (χ4n) is 2.85. The van der Waals surface area contributed by atoms with E-state index in [1.807, 2.05) is 0 Å². The van der Waals surface area contributed by atoms with E-state index in [0.29, 0.717) is 0 Å². The summed E-state index contributed by atoms with van der Waals surface area (Å²) in [6, 6.07) is 13.7. The highest BCUT2D eigenvalue weighted by atomic mass is 16.6. The van der Waals surface area contributed by atoms with Gasteiger partial charge in [0.15, 0.2) is 0 Å². The van der Waals surface area contributed by atoms with Gasteiger partial charge in [-0.1, -0.05) is 12.1 Å². The molecule has 0 aliphatic heterocycles. The zero-order valence-electron chi connectivity index (χ0n) is 17.5. The second-order valence-corrected chi connectivity index (χ2v) is 6.76. The molecule has 0 atom stereocenters. The highest BCUT2D eigenvalue weighted by molar-refractivity contribution is 6.09. The van der Waals surface area contributed by atoms with Gasteiger partial charge in [0.25, 0.3) is 28.9 Å². The van der Waals surface area contributed by atoms with E-state index in [-0.39, 0.29) is 28.1 Å². The van der Waals surface area contributed by atoms with Crippen LogP contribution in [0.15, 0.2) is 71.8 Å². The maximum Gasteiger partial charge on any atom is 0.285 e. The number of nitrogens with one attached hydrogen (secondary N) is 2. The van der Waals surface area contributed by atoms with Crippen molar-refractivity contribution in [1.82, 2.24) is 5.43 Å². The smallest absolute Gasteiger partial charge is 0.285 e. The first-order valence-corrected chi connectivity index (χ1v) is 9.58. The SMILES string of the molecule is O=C(Nc1ccccc1C(=O)N/N=C\c1ccc([N+](=O)[O-])cc1[N+](=O)[O-])c1ccc([N+](=O)[O-])cc1. The molecule has 0 aromatic heterocycles. The van der Waals surface area contributed by atoms with Gasteiger partial charge in [-0.05, 0) is 30.3 Å². The maximum atomic E-state index is 12.6. The van der Waals surface area contributed by atoms with Gasteiger partial charge in [0.2, 0.25) is 0 Å². The van der Waals surface area contributed by atoms with Crippen LogP contribution in [0.1, 0.15) is 26.3 Å². The number of carbonyl (C=O) groups excluding carboxylic acids is 2. The van der Waals surface area contributed by atoms with E-state index in [0.717, 1.165) is 24.4 Å². The fourth-order valence-corrected chi connectivity index (χ4v) is 2.85. The van der Waals surface area contributed by atoms with Crippen LogP contribution in [0, 0.1) is 30.3 Å². The van der Waals surface area contributed by atoms with Crippen molar-refractivity contribution < 1.29 is 24.4 Å². The lowest BCUT2D eigenvalue weighted by Crippen LogP contribution is -2.21. The van der Waals surface area contributed by atoms with E-state index in [2.05, 4.69) is 15.8 Å². The standard InChI is InChI=1S/C21H14N6O8/c28-20(13-5-8-15(9-6-13)25(30)31)23-18-4-2-1-3-17(18)21(29)24-22-12-14-7-10-16(26(32)33)11-19(14)27(34)35/h1-12H,(H,23,28)(H,24,29)/b22-12-. The molecule has 0 heterocycles. The normalized spacial score (nSPS) is 10.5. The zero-order valence-corrected chi connectivity index (χ0v) is 17.5. The van der Waals surface area contributed by atoms with Gasteiger partial charge in [0.1, 0.15) is 0 Å². The average molecular weight is 478 g/mol. The van der Waals surface area contributed by atoms with Crippen molar-refractivity contribution in [3.8, 4) is 0 Å². The van der Waals surface area contributed by atoms with Crippen LogP contribution in [0.3, 0.4) is 0 Å². The molecule has 35 heavy (non-hydrogen) atoms. The lowest BCUT2D eigenvalue weighted by atomic mass is 10.1. The van der Waals surface area contributed by atoms with E-state index in [9.17, 15) is 39.9 Å². The number of carbonyl (C=O) groups is 2. The number of non-ortho nitro benzene ring substituents is 2. The van der Waals surface area contributed by atoms with Crippen LogP contribution in [0.2, 0.25) is 0 Å². The molecule has 0 aliphatic carbocycles. The van der Waals surface area contributed by atoms with E-state index in [4.69, 9.17) is 0 Å². The minimum Gasteiger partial charge on any atom is -0.321 e. The number of anilines is 1. The molecular weight excluding hydrogens is 464 g/mol. The molecule has 0 aliphatic rings. The Morgan fingerprint density at radius 1 is 0.771 bits per heavy atom. The molecule has 0 saturated heterocycles. The van der Waals surface area contributed by atoms with Crippen molar-refractivity contribution in [3.05, 3.63) is 114 Å². The Kier molecular flexibility index (Phi) is 7.16. The van der Waals surface area contributed by atoms with Crippen molar-refractivity contribution >= 4 is 40.8 Å². The van der Waals surface area contributed by atoms with Gasteiger partial charge in [0.05, 0.1) is 43.9 Å². The molecule has 2 amide bonds. The number of rotatable bonds is 8. The minimum atomic E-state index is -0.820. The predicted molar refractivity (Wildman–Crippen MR) is 122 cm³/mol. The number of hydrazone groups is 1. The zero-order chi connectivity index (χ0) is 25.5. The molecule has 0 radical (unpaired) electrons. The maximum absolute atomic E-state index is 12.6. The molecular formula is C21H14N6O8. The molecule has 14 heteroatoms. The van der Waals surface area contributed by atoms with Gasteiger partial charge >= 0.3 is 0 Å². The number of benzene rings is 3. The van der Waals surface area contributed by atoms with Crippen LogP contribution in [0.4, 0.5) is 22.7 Å². The Morgan fingerprint density at radius 2 is 1.40 bits per heavy atom. The fraction of sp³-hybridized carbons (Fsp3) is 0. The molecule has 3 aromatic carbocycles. The van der Waals surface area contributed by atoms with Crippen LogP contribution in [0.5, 0.6) is 0 Å². The Bertz CT molecular complexity index is 1370. The number of para-hydroxylation sites is 1. The van der Waals surface area contributed by atoms with Crippen molar-refractivity contribution in [1.29, 1.82) is 0 Å². The summed E-state index contributed by atoms with van der Waals surface area (Å²) in [6.45, 7) is 0. The molecule has 2 N–H and O–H groups in total. The number of nitro benzene ring substituents is 3. The second kappa shape index (κ2) is 10.4. The number of amides is 2. The van der Waals surface area contributed by atoms with Crippen LogP contribution in [0.25, 0.3) is 0 Å². The summed E-state index contributed by atoms with van der Waals surface area (Å²) in [5.41, 5.74) is 1.10. The van der Waals surface area contributed by atoms with E-state index >= 15 is 0 Å². The third kappa shape index (κ3) is 5.83. The lowest BCUT2D eigenvalue weighted by molar-refractivity contribution is -0.394. The van der Waals surface area contributed by atoms with Gasteiger partial charge in [-0.25, -0.2) is 5.43 Å². The van der Waals surface area contributed by atoms with E-state index in [1.54, 1.807) is 6.07 Å². The summed E-state index contributed by atoms with van der Waals surface area (Å²) in [7, 11) is 0. The highest BCUT2D eigenvalue weighted by Gasteiger charge is 2.19. The molecule has 0 fully saturated rings. The average Bonchev–Trinajstić information content (AvgIpc) is 2.84. The Hall–Kier alpha value is -5.53. The first-order valence-electron chi connectivity index (χ1n) is 9.58. The van der Waals surface area contributed by atoms with Gasteiger partial charge in [0, 0.05) is 23.8 Å². The summed E-state index contributed by atoms with van der Waals surface area (Å²) in [6.07, 6.45) is 0.956. The topological polar surface area (TPSA) is 200 Å². The van der Waals surface area contributed by atoms with Crippen LogP contribution < -0.4 is 10.7 Å². The quantitative estimate of drug-likeness (QED) is 0.278. The Balaban J connectivity index is 1.75.